The standard InChI is InChI=1S/C13H17N5O2/c1-18-11-3-2-9(19)4-10(11)13(17-18)15-7-12(20)16-8-5-14-6-8/h2-4,8,14,19H,5-7H2,1H3,(H,15,17)(H,16,20). The molecular weight excluding hydrogens is 258 g/mol. The van der Waals surface area contributed by atoms with Crippen LogP contribution in [-0.2, 0) is 11.8 Å². The lowest BCUT2D eigenvalue weighted by atomic mass is 10.2. The Balaban J connectivity index is 1.70. The Morgan fingerprint density at radius 2 is 2.35 bits per heavy atom. The van der Waals surface area contributed by atoms with Crippen LogP contribution in [0, 0.1) is 0 Å². The molecule has 2 heterocycles. The summed E-state index contributed by atoms with van der Waals surface area (Å²) in [7, 11) is 1.82. The highest BCUT2D eigenvalue weighted by atomic mass is 16.3. The van der Waals surface area contributed by atoms with Gasteiger partial charge in [-0.15, -0.1) is 0 Å². The van der Waals surface area contributed by atoms with Gasteiger partial charge < -0.3 is 21.1 Å². The molecule has 0 atom stereocenters. The second-order valence-electron chi connectivity index (χ2n) is 4.95. The summed E-state index contributed by atoms with van der Waals surface area (Å²) in [6, 6.07) is 5.28. The van der Waals surface area contributed by atoms with E-state index in [-0.39, 0.29) is 24.2 Å². The maximum absolute atomic E-state index is 11.7. The molecule has 7 heteroatoms. The molecule has 1 aromatic heterocycles. The topological polar surface area (TPSA) is 91.2 Å². The van der Waals surface area contributed by atoms with Gasteiger partial charge in [0.2, 0.25) is 5.91 Å². The maximum Gasteiger partial charge on any atom is 0.239 e. The summed E-state index contributed by atoms with van der Waals surface area (Å²) in [6.07, 6.45) is 0. The fourth-order valence-corrected chi connectivity index (χ4v) is 2.22. The average Bonchev–Trinajstić information content (AvgIpc) is 2.68. The molecule has 0 unspecified atom stereocenters. The van der Waals surface area contributed by atoms with Crippen molar-refractivity contribution in [2.45, 2.75) is 6.04 Å². The van der Waals surface area contributed by atoms with Crippen molar-refractivity contribution in [3.8, 4) is 5.75 Å². The van der Waals surface area contributed by atoms with E-state index in [4.69, 9.17) is 0 Å². The number of hydrogen-bond donors (Lipinski definition) is 4. The Hall–Kier alpha value is -2.28. The third-order valence-electron chi connectivity index (χ3n) is 3.40. The van der Waals surface area contributed by atoms with E-state index in [1.165, 1.54) is 0 Å². The van der Waals surface area contributed by atoms with Gasteiger partial charge in [-0.3, -0.25) is 9.48 Å². The van der Waals surface area contributed by atoms with E-state index in [9.17, 15) is 9.90 Å². The van der Waals surface area contributed by atoms with Crippen LogP contribution in [0.1, 0.15) is 0 Å². The number of fused-ring (bicyclic) bond motifs is 1. The first-order valence-corrected chi connectivity index (χ1v) is 6.53. The molecule has 1 saturated heterocycles. The van der Waals surface area contributed by atoms with E-state index in [1.807, 2.05) is 7.05 Å². The number of rotatable bonds is 4. The number of carbonyl (C=O) groups is 1. The van der Waals surface area contributed by atoms with Gasteiger partial charge in [-0.1, -0.05) is 0 Å². The Bertz CT molecular complexity index is 647. The normalized spacial score (nSPS) is 15.1. The summed E-state index contributed by atoms with van der Waals surface area (Å²) in [5.41, 5.74) is 0.897. The van der Waals surface area contributed by atoms with Gasteiger partial charge in [-0.2, -0.15) is 5.10 Å². The van der Waals surface area contributed by atoms with Crippen LogP contribution in [0.3, 0.4) is 0 Å². The largest absolute Gasteiger partial charge is 0.508 e. The highest BCUT2D eigenvalue weighted by Gasteiger charge is 2.18. The van der Waals surface area contributed by atoms with Gasteiger partial charge in [0.1, 0.15) is 5.75 Å². The van der Waals surface area contributed by atoms with Gasteiger partial charge in [0.15, 0.2) is 5.82 Å². The number of phenols is 1. The van der Waals surface area contributed by atoms with Crippen molar-refractivity contribution in [2.24, 2.45) is 7.05 Å². The van der Waals surface area contributed by atoms with Gasteiger partial charge in [0.05, 0.1) is 18.1 Å². The first-order valence-electron chi connectivity index (χ1n) is 6.53. The number of phenolic OH excluding ortho intramolecular Hbond substituents is 1. The summed E-state index contributed by atoms with van der Waals surface area (Å²) in [4.78, 5) is 11.7. The van der Waals surface area contributed by atoms with Crippen LogP contribution >= 0.6 is 0 Å². The maximum atomic E-state index is 11.7. The SMILES string of the molecule is Cn1nc(NCC(=O)NC2CNC2)c2cc(O)ccc21. The molecule has 20 heavy (non-hydrogen) atoms. The third kappa shape index (κ3) is 2.39. The van der Waals surface area contributed by atoms with E-state index in [1.54, 1.807) is 22.9 Å². The number of nitrogens with zero attached hydrogens (tertiary/aromatic N) is 2. The molecule has 2 aromatic rings. The molecule has 7 nitrogen and oxygen atoms in total. The summed E-state index contributed by atoms with van der Waals surface area (Å²) in [6.45, 7) is 1.82. The average molecular weight is 275 g/mol. The molecule has 1 aliphatic heterocycles. The number of aryl methyl sites for hydroxylation is 1. The lowest BCUT2D eigenvalue weighted by molar-refractivity contribution is -0.120. The van der Waals surface area contributed by atoms with E-state index in [0.29, 0.717) is 5.82 Å². The number of nitrogens with one attached hydrogen (secondary N) is 3. The summed E-state index contributed by atoms with van der Waals surface area (Å²) in [5, 5.41) is 23.7. The van der Waals surface area contributed by atoms with Crippen LogP contribution in [0.5, 0.6) is 5.75 Å². The summed E-state index contributed by atoms with van der Waals surface area (Å²) in [5.74, 6) is 0.717. The number of benzene rings is 1. The molecule has 1 aliphatic rings. The Morgan fingerprint density at radius 3 is 3.05 bits per heavy atom. The molecule has 0 bridgehead atoms. The van der Waals surface area contributed by atoms with Crippen LogP contribution in [0.15, 0.2) is 18.2 Å². The highest BCUT2D eigenvalue weighted by molar-refractivity contribution is 5.92. The fourth-order valence-electron chi connectivity index (χ4n) is 2.22. The third-order valence-corrected chi connectivity index (χ3v) is 3.40. The quantitative estimate of drug-likeness (QED) is 0.619. The lowest BCUT2D eigenvalue weighted by Crippen LogP contribution is -2.57. The molecule has 0 saturated carbocycles. The molecular formula is C13H17N5O2. The fraction of sp³-hybridized carbons (Fsp3) is 0.385. The molecule has 3 rings (SSSR count). The van der Waals surface area contributed by atoms with Gasteiger partial charge in [-0.05, 0) is 18.2 Å². The number of amides is 1. The van der Waals surface area contributed by atoms with E-state index in [2.05, 4.69) is 21.0 Å². The van der Waals surface area contributed by atoms with Gasteiger partial charge in [0.25, 0.3) is 0 Å². The number of aromatic nitrogens is 2. The number of hydrogen-bond acceptors (Lipinski definition) is 5. The minimum atomic E-state index is -0.0598. The highest BCUT2D eigenvalue weighted by Crippen LogP contribution is 2.25. The molecule has 4 N–H and O–H groups in total. The Labute approximate surface area is 116 Å². The van der Waals surface area contributed by atoms with Crippen LogP contribution in [0.25, 0.3) is 10.9 Å². The number of aromatic hydroxyl groups is 1. The van der Waals surface area contributed by atoms with Crippen LogP contribution < -0.4 is 16.0 Å². The predicted molar refractivity (Wildman–Crippen MR) is 75.7 cm³/mol. The molecule has 106 valence electrons. The Morgan fingerprint density at radius 1 is 1.55 bits per heavy atom. The van der Waals surface area contributed by atoms with Crippen molar-refractivity contribution in [1.29, 1.82) is 0 Å². The molecule has 0 aliphatic carbocycles. The number of carbonyl (C=O) groups excluding carboxylic acids is 1. The second kappa shape index (κ2) is 5.01. The number of anilines is 1. The monoisotopic (exact) mass is 275 g/mol. The molecule has 1 amide bonds. The second-order valence-corrected chi connectivity index (χ2v) is 4.95. The summed E-state index contributed by atoms with van der Waals surface area (Å²) < 4.78 is 1.71. The predicted octanol–water partition coefficient (Wildman–Crippen LogP) is -0.221. The van der Waals surface area contributed by atoms with Gasteiger partial charge >= 0.3 is 0 Å². The van der Waals surface area contributed by atoms with Crippen molar-refractivity contribution >= 4 is 22.6 Å². The Kier molecular flexibility index (Phi) is 3.19. The molecule has 0 radical (unpaired) electrons. The van der Waals surface area contributed by atoms with Crippen LogP contribution in [-0.4, -0.2) is 46.5 Å². The zero-order valence-electron chi connectivity index (χ0n) is 11.2. The first-order chi connectivity index (χ1) is 9.63. The van der Waals surface area contributed by atoms with Crippen molar-refractivity contribution < 1.29 is 9.90 Å². The van der Waals surface area contributed by atoms with Crippen molar-refractivity contribution in [3.05, 3.63) is 18.2 Å². The van der Waals surface area contributed by atoms with Crippen molar-refractivity contribution in [1.82, 2.24) is 20.4 Å². The van der Waals surface area contributed by atoms with E-state index < -0.39 is 0 Å². The van der Waals surface area contributed by atoms with Crippen molar-refractivity contribution in [2.75, 3.05) is 25.0 Å². The summed E-state index contributed by atoms with van der Waals surface area (Å²) >= 11 is 0. The zero-order valence-corrected chi connectivity index (χ0v) is 11.2. The minimum Gasteiger partial charge on any atom is -0.508 e. The zero-order chi connectivity index (χ0) is 14.1. The van der Waals surface area contributed by atoms with Crippen LogP contribution in [0.2, 0.25) is 0 Å². The minimum absolute atomic E-state index is 0.0598. The van der Waals surface area contributed by atoms with Crippen LogP contribution in [0.4, 0.5) is 5.82 Å². The van der Waals surface area contributed by atoms with E-state index in [0.717, 1.165) is 24.0 Å². The van der Waals surface area contributed by atoms with Crippen molar-refractivity contribution in [3.63, 3.8) is 0 Å². The van der Waals surface area contributed by atoms with Gasteiger partial charge in [-0.25, -0.2) is 0 Å². The molecule has 0 spiro atoms. The van der Waals surface area contributed by atoms with E-state index >= 15 is 0 Å². The first kappa shape index (κ1) is 12.7. The smallest absolute Gasteiger partial charge is 0.239 e. The lowest BCUT2D eigenvalue weighted by Gasteiger charge is -2.27. The molecule has 1 aromatic carbocycles. The molecule has 1 fully saturated rings. The van der Waals surface area contributed by atoms with Gasteiger partial charge in [0, 0.05) is 25.5 Å².